The van der Waals surface area contributed by atoms with Gasteiger partial charge in [0.1, 0.15) is 5.75 Å². The SMILES string of the molecule is COc1ccc(Br)cc1C1C(CN)OCCN1C(C)C. The van der Waals surface area contributed by atoms with E-state index in [-0.39, 0.29) is 12.1 Å². The molecule has 112 valence electrons. The van der Waals surface area contributed by atoms with Gasteiger partial charge in [0.25, 0.3) is 0 Å². The third-order valence-electron chi connectivity index (χ3n) is 3.80. The van der Waals surface area contributed by atoms with Crippen LogP contribution in [-0.2, 0) is 4.74 Å². The molecule has 2 unspecified atom stereocenters. The normalized spacial score (nSPS) is 24.1. The monoisotopic (exact) mass is 342 g/mol. The molecule has 1 aromatic carbocycles. The van der Waals surface area contributed by atoms with E-state index in [2.05, 4.69) is 40.7 Å². The Morgan fingerprint density at radius 2 is 2.25 bits per heavy atom. The lowest BCUT2D eigenvalue weighted by molar-refractivity contribution is -0.0794. The minimum absolute atomic E-state index is 0.00523. The van der Waals surface area contributed by atoms with Crippen LogP contribution < -0.4 is 10.5 Å². The second kappa shape index (κ2) is 6.89. The fourth-order valence-electron chi connectivity index (χ4n) is 2.84. The molecule has 0 aromatic heterocycles. The molecule has 2 N–H and O–H groups in total. The first kappa shape index (κ1) is 15.8. The summed E-state index contributed by atoms with van der Waals surface area (Å²) in [6.07, 6.45) is -0.00523. The molecule has 2 atom stereocenters. The smallest absolute Gasteiger partial charge is 0.123 e. The molecule has 1 aliphatic heterocycles. The zero-order valence-electron chi connectivity index (χ0n) is 12.3. The van der Waals surface area contributed by atoms with Crippen molar-refractivity contribution in [3.8, 4) is 5.75 Å². The Balaban J connectivity index is 2.45. The number of hydrogen-bond acceptors (Lipinski definition) is 4. The van der Waals surface area contributed by atoms with E-state index in [1.807, 2.05) is 12.1 Å². The minimum atomic E-state index is -0.00523. The van der Waals surface area contributed by atoms with Crippen LogP contribution in [0.1, 0.15) is 25.5 Å². The second-order valence-electron chi connectivity index (χ2n) is 5.31. The van der Waals surface area contributed by atoms with Crippen LogP contribution in [0.2, 0.25) is 0 Å². The number of hydrogen-bond donors (Lipinski definition) is 1. The number of rotatable bonds is 4. The summed E-state index contributed by atoms with van der Waals surface area (Å²) in [7, 11) is 1.70. The van der Waals surface area contributed by atoms with E-state index in [0.29, 0.717) is 12.6 Å². The van der Waals surface area contributed by atoms with Gasteiger partial charge in [0.05, 0.1) is 25.9 Å². The molecule has 0 radical (unpaired) electrons. The predicted molar refractivity (Wildman–Crippen MR) is 84.1 cm³/mol. The van der Waals surface area contributed by atoms with Crippen LogP contribution in [-0.4, -0.2) is 43.9 Å². The number of morpholine rings is 1. The highest BCUT2D eigenvalue weighted by Gasteiger charge is 2.35. The highest BCUT2D eigenvalue weighted by atomic mass is 79.9. The molecule has 0 amide bonds. The lowest BCUT2D eigenvalue weighted by Crippen LogP contribution is -2.50. The summed E-state index contributed by atoms with van der Waals surface area (Å²) in [5, 5.41) is 0. The second-order valence-corrected chi connectivity index (χ2v) is 6.22. The largest absolute Gasteiger partial charge is 0.496 e. The molecular weight excluding hydrogens is 320 g/mol. The molecular formula is C15H23BrN2O2. The van der Waals surface area contributed by atoms with Gasteiger partial charge in [0.2, 0.25) is 0 Å². The number of ether oxygens (including phenoxy) is 2. The maximum absolute atomic E-state index is 5.92. The molecule has 20 heavy (non-hydrogen) atoms. The quantitative estimate of drug-likeness (QED) is 0.913. The average Bonchev–Trinajstić information content (AvgIpc) is 2.46. The minimum Gasteiger partial charge on any atom is -0.496 e. The van der Waals surface area contributed by atoms with E-state index in [0.717, 1.165) is 28.9 Å². The Labute approximate surface area is 129 Å². The Morgan fingerprint density at radius 3 is 2.85 bits per heavy atom. The molecule has 0 aliphatic carbocycles. The Bertz CT molecular complexity index is 453. The molecule has 1 heterocycles. The van der Waals surface area contributed by atoms with Crippen molar-refractivity contribution in [3.63, 3.8) is 0 Å². The molecule has 2 rings (SSSR count). The summed E-state index contributed by atoms with van der Waals surface area (Å²) < 4.78 is 12.4. The molecule has 1 saturated heterocycles. The van der Waals surface area contributed by atoms with Gasteiger partial charge in [0, 0.05) is 29.2 Å². The van der Waals surface area contributed by atoms with E-state index >= 15 is 0 Å². The van der Waals surface area contributed by atoms with Gasteiger partial charge in [-0.15, -0.1) is 0 Å². The number of methoxy groups -OCH3 is 1. The van der Waals surface area contributed by atoms with Crippen LogP contribution in [0.4, 0.5) is 0 Å². The zero-order chi connectivity index (χ0) is 14.7. The first-order valence-corrected chi connectivity index (χ1v) is 7.78. The average molecular weight is 343 g/mol. The number of nitrogens with zero attached hydrogens (tertiary/aromatic N) is 1. The molecule has 1 aromatic rings. The van der Waals surface area contributed by atoms with Gasteiger partial charge in [-0.2, -0.15) is 0 Å². The maximum atomic E-state index is 5.92. The molecule has 1 aliphatic rings. The van der Waals surface area contributed by atoms with Gasteiger partial charge in [-0.25, -0.2) is 0 Å². The highest BCUT2D eigenvalue weighted by molar-refractivity contribution is 9.10. The van der Waals surface area contributed by atoms with Crippen molar-refractivity contribution in [2.75, 3.05) is 26.8 Å². The molecule has 4 nitrogen and oxygen atoms in total. The van der Waals surface area contributed by atoms with Crippen LogP contribution in [0.5, 0.6) is 5.75 Å². The first-order valence-electron chi connectivity index (χ1n) is 6.99. The molecule has 0 saturated carbocycles. The Hall–Kier alpha value is -0.620. The molecule has 0 spiro atoms. The summed E-state index contributed by atoms with van der Waals surface area (Å²) in [4.78, 5) is 2.44. The van der Waals surface area contributed by atoms with E-state index in [9.17, 15) is 0 Å². The van der Waals surface area contributed by atoms with Crippen molar-refractivity contribution in [3.05, 3.63) is 28.2 Å². The van der Waals surface area contributed by atoms with Crippen LogP contribution in [0, 0.1) is 0 Å². The number of benzene rings is 1. The van der Waals surface area contributed by atoms with E-state index in [4.69, 9.17) is 15.2 Å². The number of halogens is 1. The third kappa shape index (κ3) is 3.17. The van der Waals surface area contributed by atoms with Gasteiger partial charge < -0.3 is 15.2 Å². The Kier molecular flexibility index (Phi) is 5.43. The lowest BCUT2D eigenvalue weighted by atomic mass is 9.95. The van der Waals surface area contributed by atoms with Crippen molar-refractivity contribution in [2.45, 2.75) is 32.0 Å². The summed E-state index contributed by atoms with van der Waals surface area (Å²) in [5.74, 6) is 0.882. The summed E-state index contributed by atoms with van der Waals surface area (Å²) in [6.45, 7) is 6.55. The lowest BCUT2D eigenvalue weighted by Gasteiger charge is -2.43. The van der Waals surface area contributed by atoms with Crippen molar-refractivity contribution in [1.82, 2.24) is 4.90 Å². The summed E-state index contributed by atoms with van der Waals surface area (Å²) >= 11 is 3.54. The predicted octanol–water partition coefficient (Wildman–Crippen LogP) is 2.57. The number of nitrogens with two attached hydrogens (primary N) is 1. The van der Waals surface area contributed by atoms with Crippen molar-refractivity contribution in [1.29, 1.82) is 0 Å². The van der Waals surface area contributed by atoms with Crippen LogP contribution in [0.25, 0.3) is 0 Å². The van der Waals surface area contributed by atoms with Gasteiger partial charge in [-0.05, 0) is 32.0 Å². The van der Waals surface area contributed by atoms with Crippen LogP contribution in [0.15, 0.2) is 22.7 Å². The van der Waals surface area contributed by atoms with E-state index in [1.165, 1.54) is 0 Å². The first-order chi connectivity index (χ1) is 9.58. The summed E-state index contributed by atoms with van der Waals surface area (Å²) in [6, 6.07) is 6.64. The fraction of sp³-hybridized carbons (Fsp3) is 0.600. The molecule has 1 fully saturated rings. The van der Waals surface area contributed by atoms with Gasteiger partial charge >= 0.3 is 0 Å². The third-order valence-corrected chi connectivity index (χ3v) is 4.29. The van der Waals surface area contributed by atoms with Crippen LogP contribution in [0.3, 0.4) is 0 Å². The van der Waals surface area contributed by atoms with Gasteiger partial charge in [-0.1, -0.05) is 15.9 Å². The van der Waals surface area contributed by atoms with Crippen molar-refractivity contribution >= 4 is 15.9 Å². The highest BCUT2D eigenvalue weighted by Crippen LogP contribution is 2.37. The van der Waals surface area contributed by atoms with Crippen LogP contribution >= 0.6 is 15.9 Å². The molecule has 0 bridgehead atoms. The topological polar surface area (TPSA) is 47.7 Å². The molecule has 5 heteroatoms. The standard InChI is InChI=1S/C15H23BrN2O2/c1-10(2)18-6-7-20-14(9-17)15(18)12-8-11(16)4-5-13(12)19-3/h4-5,8,10,14-15H,6-7,9,17H2,1-3H3. The summed E-state index contributed by atoms with van der Waals surface area (Å²) in [5.41, 5.74) is 7.05. The van der Waals surface area contributed by atoms with Crippen molar-refractivity contribution in [2.24, 2.45) is 5.73 Å². The zero-order valence-corrected chi connectivity index (χ0v) is 13.9. The fourth-order valence-corrected chi connectivity index (χ4v) is 3.22. The Morgan fingerprint density at radius 1 is 1.50 bits per heavy atom. The van der Waals surface area contributed by atoms with Gasteiger partial charge in [0.15, 0.2) is 0 Å². The van der Waals surface area contributed by atoms with E-state index < -0.39 is 0 Å². The van der Waals surface area contributed by atoms with E-state index in [1.54, 1.807) is 7.11 Å². The maximum Gasteiger partial charge on any atom is 0.123 e. The van der Waals surface area contributed by atoms with Crippen molar-refractivity contribution < 1.29 is 9.47 Å². The van der Waals surface area contributed by atoms with Gasteiger partial charge in [-0.3, -0.25) is 4.90 Å².